The molecule has 0 unspecified atom stereocenters. The lowest BCUT2D eigenvalue weighted by molar-refractivity contribution is 1.08. The molecule has 0 radical (unpaired) electrons. The first-order valence-corrected chi connectivity index (χ1v) is 10.5. The Labute approximate surface area is 183 Å². The summed E-state index contributed by atoms with van der Waals surface area (Å²) >= 11 is 0. The average Bonchev–Trinajstić information content (AvgIpc) is 3.38. The van der Waals surface area contributed by atoms with Gasteiger partial charge in [0, 0.05) is 40.4 Å². The predicted molar refractivity (Wildman–Crippen MR) is 129 cm³/mol. The van der Waals surface area contributed by atoms with E-state index in [4.69, 9.17) is 4.98 Å². The van der Waals surface area contributed by atoms with Gasteiger partial charge in [-0.05, 0) is 36.4 Å². The summed E-state index contributed by atoms with van der Waals surface area (Å²) in [6.07, 6.45) is 7.62. The van der Waals surface area contributed by atoms with Crippen molar-refractivity contribution in [2.75, 3.05) is 0 Å². The van der Waals surface area contributed by atoms with Crippen molar-refractivity contribution in [1.82, 2.24) is 24.1 Å². The monoisotopic (exact) mass is 411 g/mol. The van der Waals surface area contributed by atoms with Crippen LogP contribution in [0.5, 0.6) is 0 Å². The molecule has 32 heavy (non-hydrogen) atoms. The molecular weight excluding hydrogens is 394 g/mol. The van der Waals surface area contributed by atoms with Gasteiger partial charge in [-0.3, -0.25) is 14.5 Å². The predicted octanol–water partition coefficient (Wildman–Crippen LogP) is 6.07. The van der Waals surface area contributed by atoms with E-state index in [-0.39, 0.29) is 0 Å². The molecule has 0 bridgehead atoms. The topological polar surface area (TPSA) is 48.5 Å². The molecule has 0 fully saturated rings. The lowest BCUT2D eigenvalue weighted by Crippen LogP contribution is -1.97. The molecule has 0 amide bonds. The largest absolute Gasteiger partial charge is 0.308 e. The van der Waals surface area contributed by atoms with Crippen LogP contribution in [0.25, 0.3) is 55.2 Å². The van der Waals surface area contributed by atoms with Crippen LogP contribution in [0.3, 0.4) is 0 Å². The molecule has 0 aliphatic heterocycles. The van der Waals surface area contributed by atoms with Gasteiger partial charge >= 0.3 is 0 Å². The highest BCUT2D eigenvalue weighted by Crippen LogP contribution is 2.40. The standard InChI is InChI=1S/C27H17N5/c1-2-8-18(9-3-1)31-22-13-15-28-16-20(22)25-23(31)17-30-26-19-10-4-5-11-21(19)32(27(25)26)24-12-6-7-14-29-24/h1-17H. The van der Waals surface area contributed by atoms with E-state index in [9.17, 15) is 0 Å². The summed E-state index contributed by atoms with van der Waals surface area (Å²) in [4.78, 5) is 14.1. The van der Waals surface area contributed by atoms with Crippen molar-refractivity contribution in [2.45, 2.75) is 0 Å². The molecule has 2 aromatic carbocycles. The minimum Gasteiger partial charge on any atom is -0.308 e. The van der Waals surface area contributed by atoms with Gasteiger partial charge in [-0.15, -0.1) is 0 Å². The third-order valence-corrected chi connectivity index (χ3v) is 6.10. The van der Waals surface area contributed by atoms with Crippen LogP contribution in [0.1, 0.15) is 0 Å². The highest BCUT2D eigenvalue weighted by Gasteiger charge is 2.21. The Balaban J connectivity index is 1.77. The number of para-hydroxylation sites is 2. The van der Waals surface area contributed by atoms with E-state index in [0.29, 0.717) is 0 Å². The SMILES string of the molecule is c1ccc(-n2c3ccncc3c3c2cnc2c4ccccc4n(-c4ccccn4)c23)cc1. The number of pyridine rings is 3. The highest BCUT2D eigenvalue weighted by molar-refractivity contribution is 6.24. The average molecular weight is 411 g/mol. The Morgan fingerprint density at radius 2 is 1.38 bits per heavy atom. The van der Waals surface area contributed by atoms with Gasteiger partial charge in [-0.2, -0.15) is 0 Å². The zero-order valence-electron chi connectivity index (χ0n) is 17.1. The molecule has 0 atom stereocenters. The van der Waals surface area contributed by atoms with E-state index >= 15 is 0 Å². The Hall–Kier alpha value is -4.51. The number of fused-ring (bicyclic) bond motifs is 7. The molecule has 0 aliphatic carbocycles. The molecule has 0 saturated heterocycles. The smallest absolute Gasteiger partial charge is 0.137 e. The molecule has 5 aromatic heterocycles. The maximum absolute atomic E-state index is 4.98. The summed E-state index contributed by atoms with van der Waals surface area (Å²) in [7, 11) is 0. The Kier molecular flexibility index (Phi) is 3.49. The zero-order chi connectivity index (χ0) is 21.1. The van der Waals surface area contributed by atoms with E-state index in [1.54, 1.807) is 0 Å². The number of benzene rings is 2. The number of nitrogens with zero attached hydrogens (tertiary/aromatic N) is 5. The summed E-state index contributed by atoms with van der Waals surface area (Å²) in [6, 6.07) is 26.9. The molecule has 5 heterocycles. The fourth-order valence-corrected chi connectivity index (χ4v) is 4.81. The van der Waals surface area contributed by atoms with E-state index in [0.717, 1.165) is 55.2 Å². The van der Waals surface area contributed by atoms with Gasteiger partial charge in [0.05, 0.1) is 33.8 Å². The normalized spacial score (nSPS) is 11.8. The van der Waals surface area contributed by atoms with Crippen LogP contribution in [-0.2, 0) is 0 Å². The molecule has 0 N–H and O–H groups in total. The van der Waals surface area contributed by atoms with Crippen molar-refractivity contribution >= 4 is 43.7 Å². The lowest BCUT2D eigenvalue weighted by Gasteiger charge is -2.08. The summed E-state index contributed by atoms with van der Waals surface area (Å²) in [5.41, 5.74) is 6.36. The second-order valence-electron chi connectivity index (χ2n) is 7.82. The van der Waals surface area contributed by atoms with Gasteiger partial charge in [0.25, 0.3) is 0 Å². The first-order chi connectivity index (χ1) is 15.9. The second kappa shape index (κ2) is 6.49. The van der Waals surface area contributed by atoms with Gasteiger partial charge < -0.3 is 4.57 Å². The second-order valence-corrected chi connectivity index (χ2v) is 7.82. The van der Waals surface area contributed by atoms with Gasteiger partial charge in [0.1, 0.15) is 5.82 Å². The van der Waals surface area contributed by atoms with Gasteiger partial charge in [-0.1, -0.05) is 42.5 Å². The van der Waals surface area contributed by atoms with Gasteiger partial charge in [-0.25, -0.2) is 4.98 Å². The van der Waals surface area contributed by atoms with Crippen LogP contribution < -0.4 is 0 Å². The van der Waals surface area contributed by atoms with Crippen molar-refractivity contribution in [3.05, 3.63) is 104 Å². The minimum atomic E-state index is 0.873. The fraction of sp³-hybridized carbons (Fsp3) is 0. The Morgan fingerprint density at radius 3 is 2.25 bits per heavy atom. The van der Waals surface area contributed by atoms with Crippen molar-refractivity contribution < 1.29 is 0 Å². The first-order valence-electron chi connectivity index (χ1n) is 10.5. The fourth-order valence-electron chi connectivity index (χ4n) is 4.81. The lowest BCUT2D eigenvalue weighted by atomic mass is 10.1. The van der Waals surface area contributed by atoms with Crippen molar-refractivity contribution in [2.24, 2.45) is 0 Å². The first kappa shape index (κ1) is 17.2. The quantitative estimate of drug-likeness (QED) is 0.347. The Morgan fingerprint density at radius 1 is 0.562 bits per heavy atom. The number of hydrogen-bond donors (Lipinski definition) is 0. The van der Waals surface area contributed by atoms with E-state index < -0.39 is 0 Å². The van der Waals surface area contributed by atoms with Crippen LogP contribution in [0.15, 0.2) is 104 Å². The summed E-state index contributed by atoms with van der Waals surface area (Å²) in [6.45, 7) is 0. The zero-order valence-corrected chi connectivity index (χ0v) is 17.1. The molecule has 0 saturated carbocycles. The van der Waals surface area contributed by atoms with Crippen molar-refractivity contribution in [3.8, 4) is 11.5 Å². The molecule has 5 nitrogen and oxygen atoms in total. The molecule has 0 spiro atoms. The van der Waals surface area contributed by atoms with Crippen LogP contribution in [0.4, 0.5) is 0 Å². The molecule has 0 aliphatic rings. The van der Waals surface area contributed by atoms with Crippen LogP contribution >= 0.6 is 0 Å². The van der Waals surface area contributed by atoms with E-state index in [1.807, 2.05) is 49.1 Å². The molecule has 5 heteroatoms. The highest BCUT2D eigenvalue weighted by atomic mass is 15.1. The molecule has 150 valence electrons. The van der Waals surface area contributed by atoms with Gasteiger partial charge in [0.15, 0.2) is 0 Å². The maximum Gasteiger partial charge on any atom is 0.137 e. The van der Waals surface area contributed by atoms with Crippen molar-refractivity contribution in [1.29, 1.82) is 0 Å². The third-order valence-electron chi connectivity index (χ3n) is 6.10. The van der Waals surface area contributed by atoms with Gasteiger partial charge in [0.2, 0.25) is 0 Å². The molecule has 7 aromatic rings. The summed E-state index contributed by atoms with van der Waals surface area (Å²) < 4.78 is 4.49. The van der Waals surface area contributed by atoms with E-state index in [2.05, 4.69) is 73.7 Å². The molecule has 7 rings (SSSR count). The number of aromatic nitrogens is 5. The number of rotatable bonds is 2. The molecular formula is C27H17N5. The summed E-state index contributed by atoms with van der Waals surface area (Å²) in [5, 5.41) is 3.34. The summed E-state index contributed by atoms with van der Waals surface area (Å²) in [5.74, 6) is 0.873. The third kappa shape index (κ3) is 2.25. The maximum atomic E-state index is 4.98. The van der Waals surface area contributed by atoms with E-state index in [1.165, 1.54) is 0 Å². The van der Waals surface area contributed by atoms with Crippen LogP contribution in [0.2, 0.25) is 0 Å². The Bertz CT molecular complexity index is 1760. The van der Waals surface area contributed by atoms with Crippen molar-refractivity contribution in [3.63, 3.8) is 0 Å². The number of hydrogen-bond acceptors (Lipinski definition) is 3. The van der Waals surface area contributed by atoms with Crippen LogP contribution in [0, 0.1) is 0 Å². The minimum absolute atomic E-state index is 0.873. The van der Waals surface area contributed by atoms with Crippen LogP contribution in [-0.4, -0.2) is 24.1 Å².